The number of anilines is 1. The first-order valence-corrected chi connectivity index (χ1v) is 10.6. The summed E-state index contributed by atoms with van der Waals surface area (Å²) < 4.78 is 10.9. The predicted molar refractivity (Wildman–Crippen MR) is 133 cm³/mol. The lowest BCUT2D eigenvalue weighted by molar-refractivity contribution is 0.143. The zero-order chi connectivity index (χ0) is 20.2. The number of piperidine rings is 1. The molecule has 1 aromatic carbocycles. The molecule has 0 aliphatic carbocycles. The fourth-order valence-electron chi connectivity index (χ4n) is 3.44. The molecular weight excluding hydrogens is 479 g/mol. The first-order chi connectivity index (χ1) is 13.6. The third-order valence-electron chi connectivity index (χ3n) is 4.99. The molecule has 1 aliphatic rings. The van der Waals surface area contributed by atoms with Gasteiger partial charge in [0.15, 0.2) is 5.96 Å². The van der Waals surface area contributed by atoms with E-state index in [1.807, 2.05) is 24.3 Å². The van der Waals surface area contributed by atoms with Gasteiger partial charge in [-0.3, -0.25) is 4.99 Å². The van der Waals surface area contributed by atoms with E-state index in [0.29, 0.717) is 25.2 Å². The van der Waals surface area contributed by atoms with E-state index in [4.69, 9.17) is 14.5 Å². The van der Waals surface area contributed by atoms with Gasteiger partial charge in [0.1, 0.15) is 5.75 Å². The largest absolute Gasteiger partial charge is 0.493 e. The summed E-state index contributed by atoms with van der Waals surface area (Å²) in [4.78, 5) is 7.42. The van der Waals surface area contributed by atoms with E-state index < -0.39 is 0 Å². The Balaban J connectivity index is 0.00000420. The van der Waals surface area contributed by atoms with Gasteiger partial charge >= 0.3 is 0 Å². The molecule has 2 N–H and O–H groups in total. The molecule has 1 atom stereocenters. The number of hydrogen-bond acceptors (Lipinski definition) is 4. The van der Waals surface area contributed by atoms with Gasteiger partial charge in [0, 0.05) is 57.6 Å². The van der Waals surface area contributed by atoms with E-state index in [1.165, 1.54) is 19.4 Å². The molecule has 2 rings (SSSR count). The summed E-state index contributed by atoms with van der Waals surface area (Å²) >= 11 is 0. The van der Waals surface area contributed by atoms with E-state index in [-0.39, 0.29) is 24.0 Å². The number of ether oxygens (including phenoxy) is 2. The summed E-state index contributed by atoms with van der Waals surface area (Å²) in [6.07, 6.45) is 3.41. The normalized spacial score (nSPS) is 17.7. The van der Waals surface area contributed by atoms with Crippen LogP contribution in [0.4, 0.5) is 5.69 Å². The van der Waals surface area contributed by atoms with Crippen molar-refractivity contribution in [3.8, 4) is 5.75 Å². The standard InChI is InChI=1S/C22H38N4O2.HI/c1-5-23-22(24-16-19-9-7-12-26(17-19)18(2)3)25-20-10-6-11-21(15-20)28-14-8-13-27-4;/h6,10-11,15,18-19H,5,7-9,12-14,16-17H2,1-4H3,(H2,23,24,25);1H. The lowest BCUT2D eigenvalue weighted by atomic mass is 9.97. The van der Waals surface area contributed by atoms with Crippen molar-refractivity contribution in [1.82, 2.24) is 10.2 Å². The average molecular weight is 518 g/mol. The van der Waals surface area contributed by atoms with E-state index in [2.05, 4.69) is 36.3 Å². The van der Waals surface area contributed by atoms with E-state index in [0.717, 1.165) is 43.5 Å². The summed E-state index contributed by atoms with van der Waals surface area (Å²) in [5.41, 5.74) is 0.983. The Morgan fingerprint density at radius 1 is 1.31 bits per heavy atom. The van der Waals surface area contributed by atoms with Crippen LogP contribution < -0.4 is 15.4 Å². The number of guanidine groups is 1. The number of rotatable bonds is 10. The third-order valence-corrected chi connectivity index (χ3v) is 4.99. The van der Waals surface area contributed by atoms with Crippen molar-refractivity contribution in [1.29, 1.82) is 0 Å². The quantitative estimate of drug-likeness (QED) is 0.210. The Morgan fingerprint density at radius 3 is 2.86 bits per heavy atom. The number of hydrogen-bond donors (Lipinski definition) is 2. The molecule has 1 heterocycles. The molecule has 1 aliphatic heterocycles. The minimum absolute atomic E-state index is 0. The minimum Gasteiger partial charge on any atom is -0.493 e. The number of nitrogens with zero attached hydrogens (tertiary/aromatic N) is 2. The Kier molecular flexibility index (Phi) is 13.3. The molecular formula is C22H39IN4O2. The Bertz CT molecular complexity index is 598. The van der Waals surface area contributed by atoms with Crippen LogP contribution >= 0.6 is 24.0 Å². The Labute approximate surface area is 193 Å². The van der Waals surface area contributed by atoms with E-state index in [9.17, 15) is 0 Å². The van der Waals surface area contributed by atoms with Crippen molar-refractivity contribution in [3.05, 3.63) is 24.3 Å². The van der Waals surface area contributed by atoms with Gasteiger partial charge in [-0.2, -0.15) is 0 Å². The maximum absolute atomic E-state index is 5.79. The fourth-order valence-corrected chi connectivity index (χ4v) is 3.44. The molecule has 0 radical (unpaired) electrons. The monoisotopic (exact) mass is 518 g/mol. The second kappa shape index (κ2) is 14.8. The number of methoxy groups -OCH3 is 1. The SMILES string of the molecule is CCNC(=NCC1CCCN(C(C)C)C1)Nc1cccc(OCCCOC)c1.I. The highest BCUT2D eigenvalue weighted by Crippen LogP contribution is 2.20. The highest BCUT2D eigenvalue weighted by atomic mass is 127. The second-order valence-corrected chi connectivity index (χ2v) is 7.66. The van der Waals surface area contributed by atoms with Crippen LogP contribution in [0.5, 0.6) is 5.75 Å². The van der Waals surface area contributed by atoms with Gasteiger partial charge in [0.2, 0.25) is 0 Å². The van der Waals surface area contributed by atoms with Crippen LogP contribution in [0.15, 0.2) is 29.3 Å². The minimum atomic E-state index is 0. The van der Waals surface area contributed by atoms with Crippen LogP contribution in [0.3, 0.4) is 0 Å². The molecule has 1 fully saturated rings. The van der Waals surface area contributed by atoms with Crippen LogP contribution in [0.25, 0.3) is 0 Å². The maximum atomic E-state index is 5.79. The molecule has 0 amide bonds. The summed E-state index contributed by atoms with van der Waals surface area (Å²) in [7, 11) is 1.71. The van der Waals surface area contributed by atoms with Gasteiger partial charge in [-0.25, -0.2) is 0 Å². The number of halogens is 1. The summed E-state index contributed by atoms with van der Waals surface area (Å²) in [6, 6.07) is 8.64. The number of nitrogens with one attached hydrogen (secondary N) is 2. The molecule has 0 aromatic heterocycles. The molecule has 0 saturated carbocycles. The van der Waals surface area contributed by atoms with Crippen LogP contribution in [0.1, 0.15) is 40.0 Å². The summed E-state index contributed by atoms with van der Waals surface area (Å²) in [6.45, 7) is 12.1. The third kappa shape index (κ3) is 10.00. The Hall–Kier alpha value is -1.06. The van der Waals surface area contributed by atoms with Gasteiger partial charge in [-0.15, -0.1) is 24.0 Å². The zero-order valence-corrected chi connectivity index (χ0v) is 20.8. The summed E-state index contributed by atoms with van der Waals surface area (Å²) in [5.74, 6) is 2.32. The van der Waals surface area contributed by atoms with Gasteiger partial charge < -0.3 is 25.0 Å². The molecule has 29 heavy (non-hydrogen) atoms. The van der Waals surface area contributed by atoms with Crippen molar-refractivity contribution in [2.75, 3.05) is 51.8 Å². The van der Waals surface area contributed by atoms with Crippen LogP contribution in [-0.2, 0) is 4.74 Å². The van der Waals surface area contributed by atoms with Crippen molar-refractivity contribution in [2.45, 2.75) is 46.1 Å². The van der Waals surface area contributed by atoms with Crippen molar-refractivity contribution in [2.24, 2.45) is 10.9 Å². The molecule has 0 bridgehead atoms. The fraction of sp³-hybridized carbons (Fsp3) is 0.682. The summed E-state index contributed by atoms with van der Waals surface area (Å²) in [5, 5.41) is 6.77. The lowest BCUT2D eigenvalue weighted by Gasteiger charge is -2.34. The van der Waals surface area contributed by atoms with Crippen molar-refractivity contribution >= 4 is 35.6 Å². The average Bonchev–Trinajstić information content (AvgIpc) is 2.70. The van der Waals surface area contributed by atoms with Gasteiger partial charge in [0.05, 0.1) is 6.61 Å². The lowest BCUT2D eigenvalue weighted by Crippen LogP contribution is -2.41. The number of aliphatic imine (C=N–C) groups is 1. The van der Waals surface area contributed by atoms with Gasteiger partial charge in [-0.1, -0.05) is 6.07 Å². The molecule has 0 spiro atoms. The molecule has 1 saturated heterocycles. The molecule has 1 aromatic rings. The maximum Gasteiger partial charge on any atom is 0.195 e. The predicted octanol–water partition coefficient (Wildman–Crippen LogP) is 4.22. The first-order valence-electron chi connectivity index (χ1n) is 10.6. The van der Waals surface area contributed by atoms with Crippen LogP contribution in [0, 0.1) is 5.92 Å². The van der Waals surface area contributed by atoms with Crippen LogP contribution in [-0.4, -0.2) is 63.4 Å². The molecule has 166 valence electrons. The topological polar surface area (TPSA) is 58.1 Å². The van der Waals surface area contributed by atoms with Gasteiger partial charge in [-0.05, 0) is 58.2 Å². The van der Waals surface area contributed by atoms with E-state index in [1.54, 1.807) is 7.11 Å². The Morgan fingerprint density at radius 2 is 2.14 bits per heavy atom. The molecule has 7 heteroatoms. The van der Waals surface area contributed by atoms with Crippen LogP contribution in [0.2, 0.25) is 0 Å². The molecule has 1 unspecified atom stereocenters. The van der Waals surface area contributed by atoms with Crippen molar-refractivity contribution in [3.63, 3.8) is 0 Å². The smallest absolute Gasteiger partial charge is 0.195 e. The second-order valence-electron chi connectivity index (χ2n) is 7.66. The highest BCUT2D eigenvalue weighted by Gasteiger charge is 2.21. The highest BCUT2D eigenvalue weighted by molar-refractivity contribution is 14.0. The van der Waals surface area contributed by atoms with Crippen molar-refractivity contribution < 1.29 is 9.47 Å². The molecule has 6 nitrogen and oxygen atoms in total. The first kappa shape index (κ1) is 26.0. The number of likely N-dealkylation sites (tertiary alicyclic amines) is 1. The van der Waals surface area contributed by atoms with E-state index >= 15 is 0 Å². The zero-order valence-electron chi connectivity index (χ0n) is 18.4. The van der Waals surface area contributed by atoms with Gasteiger partial charge in [0.25, 0.3) is 0 Å². The number of benzene rings is 1.